The number of para-hydroxylation sites is 3. The van der Waals surface area contributed by atoms with Gasteiger partial charge in [0.25, 0.3) is 0 Å². The summed E-state index contributed by atoms with van der Waals surface area (Å²) in [7, 11) is 0. The summed E-state index contributed by atoms with van der Waals surface area (Å²) in [6.07, 6.45) is 12.4. The molecule has 0 aliphatic carbocycles. The van der Waals surface area contributed by atoms with E-state index in [1.54, 1.807) is 6.26 Å². The number of ether oxygens (including phenoxy) is 3. The smallest absolute Gasteiger partial charge is 0.143 e. The molecule has 1 N–H and O–H groups in total. The molecule has 60 heavy (non-hydrogen) atoms. The van der Waals surface area contributed by atoms with Gasteiger partial charge in [0.15, 0.2) is 0 Å². The molecule has 0 spiro atoms. The zero-order valence-electron chi connectivity index (χ0n) is 32.3. The van der Waals surface area contributed by atoms with Crippen LogP contribution in [0.5, 0.6) is 23.0 Å². The van der Waals surface area contributed by atoms with E-state index in [2.05, 4.69) is 97.1 Å². The molecule has 0 saturated carbocycles. The normalized spacial score (nSPS) is 16.5. The van der Waals surface area contributed by atoms with Crippen LogP contribution in [0.15, 0.2) is 193 Å². The summed E-state index contributed by atoms with van der Waals surface area (Å²) in [5, 5.41) is 20.0. The number of allylic oxidation sites excluding steroid dienone is 2. The van der Waals surface area contributed by atoms with Gasteiger partial charge in [-0.15, -0.1) is 0 Å². The average molecular weight is 777 g/mol. The molecule has 5 heteroatoms. The van der Waals surface area contributed by atoms with Crippen molar-refractivity contribution in [1.29, 1.82) is 0 Å². The lowest BCUT2D eigenvalue weighted by Gasteiger charge is -2.36. The Balaban J connectivity index is 1.30. The van der Waals surface area contributed by atoms with Gasteiger partial charge in [0, 0.05) is 61.2 Å². The predicted octanol–water partition coefficient (Wildman–Crippen LogP) is 14.4. The molecule has 286 valence electrons. The third-order valence-electron chi connectivity index (χ3n) is 12.2. The van der Waals surface area contributed by atoms with Crippen LogP contribution < -0.4 is 9.47 Å². The third-order valence-corrected chi connectivity index (χ3v) is 12.2. The Kier molecular flexibility index (Phi) is 7.82. The van der Waals surface area contributed by atoms with E-state index in [1.165, 1.54) is 0 Å². The minimum atomic E-state index is -0.644. The predicted molar refractivity (Wildman–Crippen MR) is 239 cm³/mol. The van der Waals surface area contributed by atoms with Gasteiger partial charge in [0.05, 0.1) is 12.5 Å². The van der Waals surface area contributed by atoms with Crippen LogP contribution in [0.2, 0.25) is 0 Å². The Morgan fingerprint density at radius 1 is 0.500 bits per heavy atom. The summed E-state index contributed by atoms with van der Waals surface area (Å²) < 4.78 is 27.1. The van der Waals surface area contributed by atoms with Crippen LogP contribution in [-0.2, 0) is 4.74 Å². The highest BCUT2D eigenvalue weighted by Crippen LogP contribution is 2.59. The summed E-state index contributed by atoms with van der Waals surface area (Å²) in [5.41, 5.74) is 7.45. The topological polar surface area (TPSA) is 61.1 Å². The number of benzene rings is 8. The first kappa shape index (κ1) is 34.3. The van der Waals surface area contributed by atoms with E-state index in [1.807, 2.05) is 91.2 Å². The van der Waals surface area contributed by atoms with Crippen molar-refractivity contribution in [3.8, 4) is 45.4 Å². The van der Waals surface area contributed by atoms with Crippen LogP contribution in [0.3, 0.4) is 0 Å². The quantitative estimate of drug-likeness (QED) is 0.176. The van der Waals surface area contributed by atoms with Gasteiger partial charge in [-0.2, -0.15) is 0 Å². The van der Waals surface area contributed by atoms with Crippen LogP contribution in [-0.4, -0.2) is 5.11 Å². The van der Waals surface area contributed by atoms with Crippen LogP contribution in [0.25, 0.3) is 60.8 Å². The molecule has 12 rings (SSSR count). The number of fused-ring (bicyclic) bond motifs is 6. The minimum Gasteiger partial charge on any atom is -0.507 e. The Labute approximate surface area is 346 Å². The van der Waals surface area contributed by atoms with Gasteiger partial charge in [-0.3, -0.25) is 0 Å². The van der Waals surface area contributed by atoms with Gasteiger partial charge in [0.1, 0.15) is 41.0 Å². The van der Waals surface area contributed by atoms with Gasteiger partial charge in [-0.05, 0) is 75.7 Å². The fraction of sp³-hybridized carbons (Fsp3) is 0.0545. The third kappa shape index (κ3) is 5.33. The van der Waals surface area contributed by atoms with Gasteiger partial charge in [-0.25, -0.2) is 0 Å². The Morgan fingerprint density at radius 2 is 1.18 bits per heavy atom. The first-order chi connectivity index (χ1) is 29.7. The Hall–Kier alpha value is -7.76. The molecular weight excluding hydrogens is 741 g/mol. The number of aromatic hydroxyl groups is 1. The molecule has 5 nitrogen and oxygen atoms in total. The lowest BCUT2D eigenvalue weighted by atomic mass is 9.73. The van der Waals surface area contributed by atoms with E-state index in [0.717, 1.165) is 88.5 Å². The number of phenolic OH excluding ortho intramolecular Hbond substituents is 1. The molecule has 0 radical (unpaired) electrons. The summed E-state index contributed by atoms with van der Waals surface area (Å²) >= 11 is 0. The molecule has 0 bridgehead atoms. The number of phenols is 1. The molecule has 0 saturated heterocycles. The van der Waals surface area contributed by atoms with Crippen LogP contribution in [0.4, 0.5) is 0 Å². The minimum absolute atomic E-state index is 0.138. The van der Waals surface area contributed by atoms with Gasteiger partial charge < -0.3 is 23.7 Å². The summed E-state index contributed by atoms with van der Waals surface area (Å²) in [5.74, 6) is 2.54. The standard InChI is InChI=1S/C55H36O5/c56-54-49(39-22-13-18-36-30-34-15-1-2-16-35(34)31-42(36)39)50(46-26-11-12-29-57-46)53(55-38-19-5-3-17-37(38)32-58-55)51(47-28-27-33-14-4-8-23-43(33)59-47)52(54)48-40-20-6-9-24-44(40)60-45-25-10-7-21-41(45)48/h1-32,46-48,56H. The molecule has 2 unspecified atom stereocenters. The van der Waals surface area contributed by atoms with Crippen molar-refractivity contribution in [2.24, 2.45) is 0 Å². The lowest BCUT2D eigenvalue weighted by molar-refractivity contribution is 0.186. The molecule has 2 atom stereocenters. The highest BCUT2D eigenvalue weighted by atomic mass is 16.5. The zero-order chi connectivity index (χ0) is 39.7. The fourth-order valence-corrected chi connectivity index (χ4v) is 9.57. The fourth-order valence-electron chi connectivity index (χ4n) is 9.57. The molecule has 4 heterocycles. The highest BCUT2D eigenvalue weighted by Gasteiger charge is 2.41. The first-order valence-corrected chi connectivity index (χ1v) is 20.3. The van der Waals surface area contributed by atoms with Crippen molar-refractivity contribution >= 4 is 38.4 Å². The maximum atomic E-state index is 13.8. The summed E-state index contributed by atoms with van der Waals surface area (Å²) in [6.45, 7) is 0. The number of hydrogen-bond donors (Lipinski definition) is 1. The molecule has 0 amide bonds. The Morgan fingerprint density at radius 3 is 1.97 bits per heavy atom. The van der Waals surface area contributed by atoms with Gasteiger partial charge in [0.2, 0.25) is 0 Å². The van der Waals surface area contributed by atoms with Crippen LogP contribution in [0, 0.1) is 0 Å². The van der Waals surface area contributed by atoms with Crippen molar-refractivity contribution in [2.75, 3.05) is 0 Å². The van der Waals surface area contributed by atoms with E-state index in [0.29, 0.717) is 16.9 Å². The first-order valence-electron chi connectivity index (χ1n) is 20.3. The van der Waals surface area contributed by atoms with E-state index in [-0.39, 0.29) is 5.75 Å². The number of furan rings is 1. The van der Waals surface area contributed by atoms with E-state index < -0.39 is 18.1 Å². The number of rotatable bonds is 5. The SMILES string of the molecule is Oc1c(-c2cccc3cc4ccccc4cc23)c(C2C=CC=CO2)c(-c2occ3ccccc23)c(C2C=Cc3ccccc3O2)c1C1c2ccccc2Oc2ccccc21. The Bertz CT molecular complexity index is 3250. The molecule has 3 aliphatic heterocycles. The van der Waals surface area contributed by atoms with Crippen molar-refractivity contribution in [3.05, 3.63) is 222 Å². The molecular formula is C55H36O5. The average Bonchev–Trinajstić information content (AvgIpc) is 3.74. The highest BCUT2D eigenvalue weighted by molar-refractivity contribution is 6.08. The van der Waals surface area contributed by atoms with E-state index in [4.69, 9.17) is 18.6 Å². The van der Waals surface area contributed by atoms with Crippen molar-refractivity contribution < 1.29 is 23.7 Å². The lowest BCUT2D eigenvalue weighted by Crippen LogP contribution is -2.20. The molecule has 3 aliphatic rings. The largest absolute Gasteiger partial charge is 0.507 e. The number of hydrogen-bond acceptors (Lipinski definition) is 5. The monoisotopic (exact) mass is 776 g/mol. The second-order valence-corrected chi connectivity index (χ2v) is 15.5. The summed E-state index contributed by atoms with van der Waals surface area (Å²) in [4.78, 5) is 0. The summed E-state index contributed by atoms with van der Waals surface area (Å²) in [6, 6.07) is 51.7. The maximum Gasteiger partial charge on any atom is 0.143 e. The van der Waals surface area contributed by atoms with Crippen LogP contribution in [0.1, 0.15) is 51.5 Å². The van der Waals surface area contributed by atoms with E-state index >= 15 is 0 Å². The van der Waals surface area contributed by atoms with Gasteiger partial charge >= 0.3 is 0 Å². The molecule has 1 aromatic heterocycles. The van der Waals surface area contributed by atoms with Crippen molar-refractivity contribution in [2.45, 2.75) is 18.1 Å². The zero-order valence-corrected chi connectivity index (χ0v) is 32.3. The van der Waals surface area contributed by atoms with Gasteiger partial charge in [-0.1, -0.05) is 133 Å². The van der Waals surface area contributed by atoms with E-state index in [9.17, 15) is 5.11 Å². The van der Waals surface area contributed by atoms with Crippen LogP contribution >= 0.6 is 0 Å². The molecule has 9 aromatic rings. The van der Waals surface area contributed by atoms with Crippen molar-refractivity contribution in [3.63, 3.8) is 0 Å². The second-order valence-electron chi connectivity index (χ2n) is 15.5. The second kappa shape index (κ2) is 13.7. The molecule has 8 aromatic carbocycles. The maximum absolute atomic E-state index is 13.8. The van der Waals surface area contributed by atoms with Crippen molar-refractivity contribution in [1.82, 2.24) is 0 Å². The molecule has 0 fully saturated rings.